The van der Waals surface area contributed by atoms with E-state index in [1.54, 1.807) is 0 Å². The average Bonchev–Trinajstić information content (AvgIpc) is 3.41. The topological polar surface area (TPSA) is 78.2 Å². The Morgan fingerprint density at radius 2 is 1.39 bits per heavy atom. The minimum absolute atomic E-state index is 0.00437. The van der Waals surface area contributed by atoms with Gasteiger partial charge in [0.05, 0.1) is 27.4 Å². The minimum atomic E-state index is 0.00437. The number of hydrogen-bond acceptors (Lipinski definition) is 5. The average molecular weight is 673 g/mol. The van der Waals surface area contributed by atoms with Crippen molar-refractivity contribution in [2.24, 2.45) is 0 Å². The number of amides is 2. The van der Waals surface area contributed by atoms with Crippen molar-refractivity contribution in [3.05, 3.63) is 107 Å². The van der Waals surface area contributed by atoms with E-state index < -0.39 is 0 Å². The smallest absolute Gasteiger partial charge is 0.224 e. The Labute approximate surface area is 293 Å². The SMILES string of the molecule is Cc1cc(C=C2Sc3ccccc3N2C)cc(C)[n+]1CCCCCC(=O)NCCCCCC(=O)Nc1c2ccccc2nc2ccccc12. The number of para-hydroxylation sites is 3. The predicted octanol–water partition coefficient (Wildman–Crippen LogP) is 8.71. The summed E-state index contributed by atoms with van der Waals surface area (Å²) >= 11 is 1.82. The number of nitrogens with zero attached hydrogens (tertiary/aromatic N) is 3. The number of carbonyl (C=O) groups is 2. The van der Waals surface area contributed by atoms with Gasteiger partial charge in [0.25, 0.3) is 0 Å². The largest absolute Gasteiger partial charge is 0.356 e. The molecule has 2 N–H and O–H groups in total. The highest BCUT2D eigenvalue weighted by molar-refractivity contribution is 8.03. The molecule has 1 aliphatic rings. The van der Waals surface area contributed by atoms with Crippen molar-refractivity contribution in [3.63, 3.8) is 0 Å². The summed E-state index contributed by atoms with van der Waals surface area (Å²) in [4.78, 5) is 33.6. The summed E-state index contributed by atoms with van der Waals surface area (Å²) in [6, 6.07) is 28.9. The first kappa shape index (κ1) is 34.2. The number of anilines is 2. The third-order valence-electron chi connectivity index (χ3n) is 9.20. The van der Waals surface area contributed by atoms with Crippen LogP contribution in [0.5, 0.6) is 0 Å². The van der Waals surface area contributed by atoms with Crippen LogP contribution in [0, 0.1) is 13.8 Å². The molecule has 2 amide bonds. The Morgan fingerprint density at radius 1 is 0.776 bits per heavy atom. The molecule has 0 atom stereocenters. The Bertz CT molecular complexity index is 1930. The number of hydrogen-bond donors (Lipinski definition) is 2. The molecule has 0 fully saturated rings. The molecule has 0 saturated heterocycles. The predicted molar refractivity (Wildman–Crippen MR) is 203 cm³/mol. The zero-order chi connectivity index (χ0) is 34.2. The van der Waals surface area contributed by atoms with Gasteiger partial charge in [-0.2, -0.15) is 0 Å². The maximum absolute atomic E-state index is 12.9. The summed E-state index contributed by atoms with van der Waals surface area (Å²) in [5.74, 6) is 0.119. The van der Waals surface area contributed by atoms with Crippen LogP contribution >= 0.6 is 11.8 Å². The van der Waals surface area contributed by atoms with E-state index in [2.05, 4.69) is 83.5 Å². The molecule has 0 radical (unpaired) electrons. The lowest BCUT2D eigenvalue weighted by atomic mass is 10.1. The summed E-state index contributed by atoms with van der Waals surface area (Å²) in [6.07, 6.45) is 8.75. The molecule has 0 spiro atoms. The first-order valence-electron chi connectivity index (χ1n) is 17.4. The van der Waals surface area contributed by atoms with Crippen LogP contribution in [0.15, 0.2) is 94.9 Å². The molecule has 2 aromatic heterocycles. The van der Waals surface area contributed by atoms with Gasteiger partial charge in [0.15, 0.2) is 11.4 Å². The van der Waals surface area contributed by atoms with Gasteiger partial charge in [-0.1, -0.05) is 66.7 Å². The van der Waals surface area contributed by atoms with Crippen molar-refractivity contribution in [2.75, 3.05) is 23.8 Å². The highest BCUT2D eigenvalue weighted by Crippen LogP contribution is 2.45. The van der Waals surface area contributed by atoms with E-state index in [1.807, 2.05) is 60.3 Å². The van der Waals surface area contributed by atoms with Crippen molar-refractivity contribution in [3.8, 4) is 0 Å². The molecule has 0 bridgehead atoms. The lowest BCUT2D eigenvalue weighted by molar-refractivity contribution is -0.709. The highest BCUT2D eigenvalue weighted by Gasteiger charge is 2.22. The van der Waals surface area contributed by atoms with Gasteiger partial charge in [-0.05, 0) is 61.6 Å². The van der Waals surface area contributed by atoms with Crippen LogP contribution in [0.3, 0.4) is 0 Å². The first-order valence-corrected chi connectivity index (χ1v) is 18.3. The fourth-order valence-electron chi connectivity index (χ4n) is 6.60. The number of thioether (sulfide) groups is 1. The molecule has 1 aliphatic heterocycles. The number of unbranched alkanes of at least 4 members (excludes halogenated alkanes) is 4. The van der Waals surface area contributed by atoms with Crippen LogP contribution in [0.2, 0.25) is 0 Å². The Morgan fingerprint density at radius 3 is 2.08 bits per heavy atom. The highest BCUT2D eigenvalue weighted by atomic mass is 32.2. The molecule has 0 saturated carbocycles. The molecule has 0 aliphatic carbocycles. The second kappa shape index (κ2) is 16.1. The summed E-state index contributed by atoms with van der Waals surface area (Å²) in [7, 11) is 2.13. The number of nitrogens with one attached hydrogen (secondary N) is 2. The van der Waals surface area contributed by atoms with Gasteiger partial charge in [-0.15, -0.1) is 0 Å². The number of rotatable bonds is 14. The van der Waals surface area contributed by atoms with Gasteiger partial charge in [-0.25, -0.2) is 9.55 Å². The first-order chi connectivity index (χ1) is 23.9. The van der Waals surface area contributed by atoms with Gasteiger partial charge in [0.2, 0.25) is 11.8 Å². The van der Waals surface area contributed by atoms with E-state index in [-0.39, 0.29) is 11.8 Å². The van der Waals surface area contributed by atoms with Crippen LogP contribution in [0.1, 0.15) is 68.3 Å². The van der Waals surface area contributed by atoms with Crippen LogP contribution in [0.25, 0.3) is 27.9 Å². The second-order valence-corrected chi connectivity index (χ2v) is 13.9. The molecule has 6 rings (SSSR count). The lowest BCUT2D eigenvalue weighted by Gasteiger charge is -2.13. The van der Waals surface area contributed by atoms with Crippen LogP contribution in [0.4, 0.5) is 11.4 Å². The lowest BCUT2D eigenvalue weighted by Crippen LogP contribution is -2.40. The molecule has 3 heterocycles. The number of pyridine rings is 2. The van der Waals surface area contributed by atoms with Gasteiger partial charge in [0, 0.05) is 74.5 Å². The van der Waals surface area contributed by atoms with E-state index in [0.29, 0.717) is 19.4 Å². The van der Waals surface area contributed by atoms with Crippen molar-refractivity contribution in [2.45, 2.75) is 76.7 Å². The molecular weight excluding hydrogens is 627 g/mol. The zero-order valence-corrected chi connectivity index (χ0v) is 29.6. The number of carbonyl (C=O) groups excluding carboxylic acids is 2. The third kappa shape index (κ3) is 8.49. The maximum Gasteiger partial charge on any atom is 0.224 e. The van der Waals surface area contributed by atoms with Gasteiger partial charge in [0.1, 0.15) is 6.54 Å². The Balaban J connectivity index is 0.859. The monoisotopic (exact) mass is 672 g/mol. The summed E-state index contributed by atoms with van der Waals surface area (Å²) in [5, 5.41) is 9.34. The number of fused-ring (bicyclic) bond motifs is 3. The molecule has 0 unspecified atom stereocenters. The number of aryl methyl sites for hydroxylation is 2. The molecule has 5 aromatic rings. The van der Waals surface area contributed by atoms with Crippen molar-refractivity contribution in [1.82, 2.24) is 10.3 Å². The van der Waals surface area contributed by atoms with Gasteiger partial charge >= 0.3 is 0 Å². The Kier molecular flexibility index (Phi) is 11.3. The fraction of sp³-hybridized carbons (Fsp3) is 0.317. The normalized spacial score (nSPS) is 13.3. The molecule has 8 heteroatoms. The van der Waals surface area contributed by atoms with Crippen LogP contribution in [-0.4, -0.2) is 30.4 Å². The summed E-state index contributed by atoms with van der Waals surface area (Å²) < 4.78 is 2.38. The number of benzene rings is 3. The van der Waals surface area contributed by atoms with Crippen LogP contribution in [-0.2, 0) is 16.1 Å². The second-order valence-electron chi connectivity index (χ2n) is 12.9. The van der Waals surface area contributed by atoms with Gasteiger partial charge in [-0.3, -0.25) is 9.59 Å². The van der Waals surface area contributed by atoms with E-state index in [1.165, 1.54) is 32.6 Å². The summed E-state index contributed by atoms with van der Waals surface area (Å²) in [5.41, 5.74) is 7.55. The molecule has 7 nitrogen and oxygen atoms in total. The van der Waals surface area contributed by atoms with Crippen molar-refractivity contribution in [1.29, 1.82) is 0 Å². The maximum atomic E-state index is 12.9. The van der Waals surface area contributed by atoms with Crippen molar-refractivity contribution >= 4 is 62.8 Å². The van der Waals surface area contributed by atoms with E-state index >= 15 is 0 Å². The summed E-state index contributed by atoms with van der Waals surface area (Å²) in [6.45, 7) is 5.97. The molecular formula is C41H46N5O2S+. The van der Waals surface area contributed by atoms with E-state index in [0.717, 1.165) is 72.6 Å². The third-order valence-corrected chi connectivity index (χ3v) is 10.4. The van der Waals surface area contributed by atoms with E-state index in [9.17, 15) is 9.59 Å². The van der Waals surface area contributed by atoms with Gasteiger partial charge < -0.3 is 15.5 Å². The quantitative estimate of drug-likeness (QED) is 0.0701. The molecule has 49 heavy (non-hydrogen) atoms. The van der Waals surface area contributed by atoms with Crippen molar-refractivity contribution < 1.29 is 14.2 Å². The standard InChI is InChI=1S/C41H45N5O2S/c1-29-26-31(28-40-45(3)36-20-12-13-21-37(36)49-40)27-30(2)46(29)25-15-5-7-22-38(47)42-24-14-4-6-23-39(48)44-41-32-16-8-10-18-34(32)43-35-19-11-9-17-33(35)41/h8-13,16-21,26-28H,4-7,14-15,22-25H2,1-3H3,(H-,42,43,44,47,48)/p+1. The van der Waals surface area contributed by atoms with Crippen LogP contribution < -0.4 is 20.1 Å². The van der Waals surface area contributed by atoms with E-state index in [4.69, 9.17) is 4.98 Å². The Hall–Kier alpha value is -4.69. The molecule has 252 valence electrons. The minimum Gasteiger partial charge on any atom is -0.356 e. The number of aromatic nitrogens is 2. The zero-order valence-electron chi connectivity index (χ0n) is 28.8. The molecule has 3 aromatic carbocycles. The fourth-order valence-corrected chi connectivity index (χ4v) is 7.71.